The van der Waals surface area contributed by atoms with Gasteiger partial charge in [0.05, 0.1) is 5.56 Å². The quantitative estimate of drug-likeness (QED) is 0.717. The fraction of sp³-hybridized carbons (Fsp3) is 0.455. The predicted molar refractivity (Wildman–Crippen MR) is 56.3 cm³/mol. The van der Waals surface area contributed by atoms with E-state index in [-0.39, 0.29) is 5.91 Å². The Bertz CT molecular complexity index is 315. The maximum Gasteiger partial charge on any atom is 0.254 e. The van der Waals surface area contributed by atoms with Crippen molar-refractivity contribution in [1.29, 1.82) is 0 Å². The molecule has 0 bridgehead atoms. The maximum absolute atomic E-state index is 11.5. The summed E-state index contributed by atoms with van der Waals surface area (Å²) in [5.41, 5.74) is 1.65. The monoisotopic (exact) mass is 192 g/mol. The second kappa shape index (κ2) is 4.22. The standard InChI is InChI=1S/C11H16N2O/c1-8(2)10-6-5-9(7-12-10)11(14)13(3)4/h5-8H,1-4H3. The Morgan fingerprint density at radius 3 is 2.36 bits per heavy atom. The molecule has 0 aliphatic rings. The number of carbonyl (C=O) groups excluding carboxylic acids is 1. The third-order valence-electron chi connectivity index (χ3n) is 2.03. The van der Waals surface area contributed by atoms with Crippen LogP contribution < -0.4 is 0 Å². The van der Waals surface area contributed by atoms with Crippen molar-refractivity contribution < 1.29 is 4.79 Å². The summed E-state index contributed by atoms with van der Waals surface area (Å²) in [6, 6.07) is 3.73. The minimum atomic E-state index is -0.00666. The highest BCUT2D eigenvalue weighted by Crippen LogP contribution is 2.11. The zero-order chi connectivity index (χ0) is 10.7. The lowest BCUT2D eigenvalue weighted by atomic mass is 10.1. The van der Waals surface area contributed by atoms with E-state index in [9.17, 15) is 4.79 Å². The van der Waals surface area contributed by atoms with E-state index < -0.39 is 0 Å². The number of carbonyl (C=O) groups is 1. The summed E-state index contributed by atoms with van der Waals surface area (Å²) in [4.78, 5) is 17.3. The molecule has 0 saturated heterocycles. The average molecular weight is 192 g/mol. The molecule has 0 saturated carbocycles. The molecular weight excluding hydrogens is 176 g/mol. The van der Waals surface area contributed by atoms with Crippen molar-refractivity contribution in [3.8, 4) is 0 Å². The van der Waals surface area contributed by atoms with E-state index in [1.54, 1.807) is 25.2 Å². The Labute approximate surface area is 84.8 Å². The molecule has 3 heteroatoms. The summed E-state index contributed by atoms with van der Waals surface area (Å²) in [6.45, 7) is 4.16. The molecule has 1 aromatic heterocycles. The van der Waals surface area contributed by atoms with E-state index in [2.05, 4.69) is 18.8 Å². The molecule has 1 amide bonds. The van der Waals surface area contributed by atoms with Gasteiger partial charge in [-0.2, -0.15) is 0 Å². The first-order valence-corrected chi connectivity index (χ1v) is 4.70. The fourth-order valence-corrected chi connectivity index (χ4v) is 1.13. The molecule has 76 valence electrons. The van der Waals surface area contributed by atoms with Crippen molar-refractivity contribution in [3.05, 3.63) is 29.6 Å². The summed E-state index contributed by atoms with van der Waals surface area (Å²) in [5.74, 6) is 0.395. The first kappa shape index (κ1) is 10.7. The van der Waals surface area contributed by atoms with Crippen molar-refractivity contribution in [1.82, 2.24) is 9.88 Å². The molecule has 0 atom stereocenters. The zero-order valence-electron chi connectivity index (χ0n) is 9.11. The highest BCUT2D eigenvalue weighted by Gasteiger charge is 2.08. The van der Waals surface area contributed by atoms with Crippen LogP contribution in [0.1, 0.15) is 35.8 Å². The Balaban J connectivity index is 2.89. The predicted octanol–water partition coefficient (Wildman–Crippen LogP) is 1.91. The zero-order valence-corrected chi connectivity index (χ0v) is 9.11. The van der Waals surface area contributed by atoms with Gasteiger partial charge in [0.2, 0.25) is 0 Å². The van der Waals surface area contributed by atoms with Crippen LogP contribution in [0.25, 0.3) is 0 Å². The van der Waals surface area contributed by atoms with E-state index >= 15 is 0 Å². The highest BCUT2D eigenvalue weighted by molar-refractivity contribution is 5.93. The van der Waals surface area contributed by atoms with Crippen LogP contribution in [-0.4, -0.2) is 29.9 Å². The van der Waals surface area contributed by atoms with Crippen LogP contribution in [0.2, 0.25) is 0 Å². The van der Waals surface area contributed by atoms with Crippen molar-refractivity contribution in [3.63, 3.8) is 0 Å². The summed E-state index contributed by atoms with van der Waals surface area (Å²) in [6.07, 6.45) is 1.64. The van der Waals surface area contributed by atoms with Gasteiger partial charge in [0, 0.05) is 26.0 Å². The van der Waals surface area contributed by atoms with Crippen LogP contribution in [-0.2, 0) is 0 Å². The largest absolute Gasteiger partial charge is 0.345 e. The minimum absolute atomic E-state index is 0.00666. The lowest BCUT2D eigenvalue weighted by molar-refractivity contribution is 0.0827. The van der Waals surface area contributed by atoms with Crippen LogP contribution in [0.4, 0.5) is 0 Å². The Hall–Kier alpha value is -1.38. The number of hydrogen-bond donors (Lipinski definition) is 0. The number of aromatic nitrogens is 1. The molecule has 1 aromatic rings. The summed E-state index contributed by atoms with van der Waals surface area (Å²) >= 11 is 0. The molecule has 0 aromatic carbocycles. The fourth-order valence-electron chi connectivity index (χ4n) is 1.13. The molecule has 14 heavy (non-hydrogen) atoms. The van der Waals surface area contributed by atoms with E-state index in [0.717, 1.165) is 5.69 Å². The molecule has 0 radical (unpaired) electrons. The summed E-state index contributed by atoms with van der Waals surface area (Å²) in [7, 11) is 3.47. The van der Waals surface area contributed by atoms with E-state index in [1.165, 1.54) is 0 Å². The lowest BCUT2D eigenvalue weighted by Crippen LogP contribution is -2.21. The van der Waals surface area contributed by atoms with E-state index in [1.807, 2.05) is 12.1 Å². The molecule has 0 aliphatic carbocycles. The van der Waals surface area contributed by atoms with Crippen LogP contribution in [0.3, 0.4) is 0 Å². The maximum atomic E-state index is 11.5. The molecular formula is C11H16N2O. The van der Waals surface area contributed by atoms with Gasteiger partial charge in [-0.15, -0.1) is 0 Å². The van der Waals surface area contributed by atoms with Gasteiger partial charge in [-0.05, 0) is 18.1 Å². The molecule has 0 unspecified atom stereocenters. The average Bonchev–Trinajstić information content (AvgIpc) is 2.16. The Morgan fingerprint density at radius 1 is 1.36 bits per heavy atom. The Morgan fingerprint density at radius 2 is 2.00 bits per heavy atom. The van der Waals surface area contributed by atoms with Gasteiger partial charge in [0.25, 0.3) is 5.91 Å². The molecule has 1 heterocycles. The van der Waals surface area contributed by atoms with Gasteiger partial charge < -0.3 is 4.90 Å². The van der Waals surface area contributed by atoms with Gasteiger partial charge in [0.1, 0.15) is 0 Å². The van der Waals surface area contributed by atoms with Crippen molar-refractivity contribution >= 4 is 5.91 Å². The van der Waals surface area contributed by atoms with Crippen LogP contribution in [0, 0.1) is 0 Å². The first-order chi connectivity index (χ1) is 6.52. The lowest BCUT2D eigenvalue weighted by Gasteiger charge is -2.10. The summed E-state index contributed by atoms with van der Waals surface area (Å²) < 4.78 is 0. The second-order valence-corrected chi connectivity index (χ2v) is 3.83. The number of amides is 1. The van der Waals surface area contributed by atoms with Crippen LogP contribution in [0.5, 0.6) is 0 Å². The van der Waals surface area contributed by atoms with E-state index in [4.69, 9.17) is 0 Å². The molecule has 3 nitrogen and oxygen atoms in total. The summed E-state index contributed by atoms with van der Waals surface area (Å²) in [5, 5.41) is 0. The number of pyridine rings is 1. The van der Waals surface area contributed by atoms with Crippen molar-refractivity contribution in [2.75, 3.05) is 14.1 Å². The molecule has 0 aliphatic heterocycles. The highest BCUT2D eigenvalue weighted by atomic mass is 16.2. The topological polar surface area (TPSA) is 33.2 Å². The SMILES string of the molecule is CC(C)c1ccc(C(=O)N(C)C)cn1. The van der Waals surface area contributed by atoms with Crippen molar-refractivity contribution in [2.45, 2.75) is 19.8 Å². The molecule has 0 fully saturated rings. The van der Waals surface area contributed by atoms with Gasteiger partial charge in [-0.1, -0.05) is 13.8 Å². The molecule has 1 rings (SSSR count). The number of hydrogen-bond acceptors (Lipinski definition) is 2. The smallest absolute Gasteiger partial charge is 0.254 e. The third-order valence-corrected chi connectivity index (χ3v) is 2.03. The second-order valence-electron chi connectivity index (χ2n) is 3.83. The first-order valence-electron chi connectivity index (χ1n) is 4.70. The molecule has 0 N–H and O–H groups in total. The third kappa shape index (κ3) is 2.31. The van der Waals surface area contributed by atoms with Crippen molar-refractivity contribution in [2.24, 2.45) is 0 Å². The van der Waals surface area contributed by atoms with Crippen LogP contribution >= 0.6 is 0 Å². The van der Waals surface area contributed by atoms with Gasteiger partial charge in [-0.3, -0.25) is 9.78 Å². The van der Waals surface area contributed by atoms with Gasteiger partial charge in [-0.25, -0.2) is 0 Å². The van der Waals surface area contributed by atoms with Gasteiger partial charge >= 0.3 is 0 Å². The number of nitrogens with zero attached hydrogens (tertiary/aromatic N) is 2. The van der Waals surface area contributed by atoms with Gasteiger partial charge in [0.15, 0.2) is 0 Å². The normalized spacial score (nSPS) is 10.4. The molecule has 0 spiro atoms. The van der Waals surface area contributed by atoms with Crippen LogP contribution in [0.15, 0.2) is 18.3 Å². The Kier molecular flexibility index (Phi) is 3.23. The van der Waals surface area contributed by atoms with E-state index in [0.29, 0.717) is 11.5 Å². The minimum Gasteiger partial charge on any atom is -0.345 e. The number of rotatable bonds is 2.